The van der Waals surface area contributed by atoms with E-state index in [1.54, 1.807) is 4.90 Å². The molecule has 1 aromatic heterocycles. The molecule has 0 saturated carbocycles. The molecule has 7 heteroatoms. The third-order valence-electron chi connectivity index (χ3n) is 2.32. The maximum atomic E-state index is 11.6. The summed E-state index contributed by atoms with van der Waals surface area (Å²) in [6.45, 7) is 4.92. The number of aldehydes is 1. The molecular weight excluding hydrogens is 256 g/mol. The molecule has 6 nitrogen and oxygen atoms in total. The van der Waals surface area contributed by atoms with Crippen LogP contribution in [0.3, 0.4) is 0 Å². The number of aromatic nitrogens is 2. The van der Waals surface area contributed by atoms with Crippen LogP contribution in [0.2, 0.25) is 5.15 Å². The zero-order valence-corrected chi connectivity index (χ0v) is 11.1. The minimum Gasteiger partial charge on any atom is -0.355 e. The van der Waals surface area contributed by atoms with Gasteiger partial charge in [-0.3, -0.25) is 9.59 Å². The number of likely N-dealkylation sites (N-methyl/N-ethyl adjacent to an activating group) is 2. The summed E-state index contributed by atoms with van der Waals surface area (Å²) in [6.07, 6.45) is 1.86. The van der Waals surface area contributed by atoms with Crippen molar-refractivity contribution in [3.05, 3.63) is 17.0 Å². The van der Waals surface area contributed by atoms with Crippen molar-refractivity contribution in [2.24, 2.45) is 0 Å². The Kier molecular flexibility index (Phi) is 5.51. The number of anilines is 1. The smallest absolute Gasteiger partial charge is 0.239 e. The Labute approximate surface area is 110 Å². The van der Waals surface area contributed by atoms with Crippen LogP contribution >= 0.6 is 11.6 Å². The van der Waals surface area contributed by atoms with E-state index in [0.29, 0.717) is 25.2 Å². The highest BCUT2D eigenvalue weighted by Gasteiger charge is 2.17. The highest BCUT2D eigenvalue weighted by Crippen LogP contribution is 2.20. The quantitative estimate of drug-likeness (QED) is 0.614. The lowest BCUT2D eigenvalue weighted by atomic mass is 10.3. The first-order valence-electron chi connectivity index (χ1n) is 5.61. The first kappa shape index (κ1) is 14.4. The number of halogens is 1. The zero-order valence-electron chi connectivity index (χ0n) is 10.3. The predicted octanol–water partition coefficient (Wildman–Crippen LogP) is 0.905. The molecule has 1 amide bonds. The Morgan fingerprint density at radius 2 is 2.22 bits per heavy atom. The van der Waals surface area contributed by atoms with E-state index in [2.05, 4.69) is 15.3 Å². The van der Waals surface area contributed by atoms with Crippen LogP contribution in [0.5, 0.6) is 0 Å². The van der Waals surface area contributed by atoms with Gasteiger partial charge in [0, 0.05) is 13.1 Å². The van der Waals surface area contributed by atoms with Crippen molar-refractivity contribution in [3.8, 4) is 0 Å². The van der Waals surface area contributed by atoms with Crippen molar-refractivity contribution in [2.75, 3.05) is 24.5 Å². The van der Waals surface area contributed by atoms with Gasteiger partial charge in [-0.2, -0.15) is 0 Å². The normalized spacial score (nSPS) is 9.94. The summed E-state index contributed by atoms with van der Waals surface area (Å²) in [5.41, 5.74) is 0.199. The molecule has 0 spiro atoms. The number of amides is 1. The second-order valence-electron chi connectivity index (χ2n) is 3.49. The first-order valence-corrected chi connectivity index (χ1v) is 5.99. The van der Waals surface area contributed by atoms with Crippen molar-refractivity contribution < 1.29 is 9.59 Å². The second kappa shape index (κ2) is 6.90. The van der Waals surface area contributed by atoms with Gasteiger partial charge in [0.1, 0.15) is 17.3 Å². The minimum atomic E-state index is -0.133. The summed E-state index contributed by atoms with van der Waals surface area (Å²) >= 11 is 5.82. The van der Waals surface area contributed by atoms with Crippen LogP contribution in [0.25, 0.3) is 0 Å². The maximum absolute atomic E-state index is 11.6. The average molecular weight is 271 g/mol. The van der Waals surface area contributed by atoms with Gasteiger partial charge in [-0.1, -0.05) is 11.6 Å². The number of carbonyl (C=O) groups excluding carboxylic acids is 2. The lowest BCUT2D eigenvalue weighted by molar-refractivity contribution is -0.119. The summed E-state index contributed by atoms with van der Waals surface area (Å²) in [4.78, 5) is 32.0. The zero-order chi connectivity index (χ0) is 13.5. The number of nitrogens with one attached hydrogen (secondary N) is 1. The molecule has 0 fully saturated rings. The third kappa shape index (κ3) is 3.40. The van der Waals surface area contributed by atoms with Crippen molar-refractivity contribution in [2.45, 2.75) is 13.8 Å². The van der Waals surface area contributed by atoms with E-state index in [0.717, 1.165) is 0 Å². The fourth-order valence-corrected chi connectivity index (χ4v) is 1.65. The lowest BCUT2D eigenvalue weighted by Gasteiger charge is -2.22. The molecule has 0 aromatic carbocycles. The molecule has 1 rings (SSSR count). The van der Waals surface area contributed by atoms with Gasteiger partial charge in [0.25, 0.3) is 0 Å². The Morgan fingerprint density at radius 3 is 2.78 bits per heavy atom. The molecule has 0 bridgehead atoms. The molecule has 0 radical (unpaired) electrons. The summed E-state index contributed by atoms with van der Waals surface area (Å²) in [6, 6.07) is 0. The Morgan fingerprint density at radius 1 is 1.50 bits per heavy atom. The van der Waals surface area contributed by atoms with Crippen molar-refractivity contribution in [3.63, 3.8) is 0 Å². The number of hydrogen-bond acceptors (Lipinski definition) is 5. The molecule has 0 aliphatic heterocycles. The van der Waals surface area contributed by atoms with E-state index in [-0.39, 0.29) is 23.2 Å². The van der Waals surface area contributed by atoms with E-state index < -0.39 is 0 Å². The van der Waals surface area contributed by atoms with Crippen molar-refractivity contribution in [1.82, 2.24) is 15.3 Å². The SMILES string of the molecule is CCNC(=O)CN(CC)c1ncnc(Cl)c1C=O. The standard InChI is InChI=1S/C11H15ClN4O2/c1-3-13-9(18)5-16(4-2)11-8(6-17)10(12)14-7-15-11/h6-7H,3-5H2,1-2H3,(H,13,18). The van der Waals surface area contributed by atoms with Crippen LogP contribution in [-0.2, 0) is 4.79 Å². The number of carbonyl (C=O) groups is 2. The fourth-order valence-electron chi connectivity index (χ4n) is 1.48. The highest BCUT2D eigenvalue weighted by atomic mass is 35.5. The van der Waals surface area contributed by atoms with Crippen molar-refractivity contribution in [1.29, 1.82) is 0 Å². The number of rotatable bonds is 6. The lowest BCUT2D eigenvalue weighted by Crippen LogP contribution is -2.38. The molecule has 0 unspecified atom stereocenters. The monoisotopic (exact) mass is 270 g/mol. The van der Waals surface area contributed by atoms with Crippen molar-refractivity contribution >= 4 is 29.6 Å². The van der Waals surface area contributed by atoms with Gasteiger partial charge < -0.3 is 10.2 Å². The second-order valence-corrected chi connectivity index (χ2v) is 3.85. The molecule has 1 N–H and O–H groups in total. The summed E-state index contributed by atoms with van der Waals surface area (Å²) in [7, 11) is 0. The molecule has 0 saturated heterocycles. The molecule has 0 aliphatic rings. The van der Waals surface area contributed by atoms with E-state index >= 15 is 0 Å². The molecule has 1 heterocycles. The number of hydrogen-bond donors (Lipinski definition) is 1. The Balaban J connectivity index is 2.98. The maximum Gasteiger partial charge on any atom is 0.239 e. The van der Waals surface area contributed by atoms with Gasteiger partial charge in [0.05, 0.1) is 12.1 Å². The third-order valence-corrected chi connectivity index (χ3v) is 2.62. The van der Waals surface area contributed by atoms with Crippen LogP contribution in [0.4, 0.5) is 5.82 Å². The summed E-state index contributed by atoms with van der Waals surface area (Å²) < 4.78 is 0. The van der Waals surface area contributed by atoms with Gasteiger partial charge in [-0.25, -0.2) is 9.97 Å². The summed E-state index contributed by atoms with van der Waals surface area (Å²) in [5.74, 6) is 0.240. The van der Waals surface area contributed by atoms with Crippen LogP contribution in [0, 0.1) is 0 Å². The van der Waals surface area contributed by atoms with E-state index in [1.165, 1.54) is 6.33 Å². The van der Waals surface area contributed by atoms with Crippen LogP contribution in [0.15, 0.2) is 6.33 Å². The number of nitrogens with zero attached hydrogens (tertiary/aromatic N) is 3. The predicted molar refractivity (Wildman–Crippen MR) is 69.0 cm³/mol. The van der Waals surface area contributed by atoms with Gasteiger partial charge in [0.2, 0.25) is 5.91 Å². The van der Waals surface area contributed by atoms with Crippen LogP contribution < -0.4 is 10.2 Å². The van der Waals surface area contributed by atoms with E-state index in [9.17, 15) is 9.59 Å². The van der Waals surface area contributed by atoms with E-state index in [4.69, 9.17) is 11.6 Å². The van der Waals surface area contributed by atoms with Gasteiger partial charge in [-0.05, 0) is 13.8 Å². The Hall–Kier alpha value is -1.69. The Bertz CT molecular complexity index is 439. The van der Waals surface area contributed by atoms with Gasteiger partial charge >= 0.3 is 0 Å². The summed E-state index contributed by atoms with van der Waals surface area (Å²) in [5, 5.41) is 2.77. The molecule has 1 aromatic rings. The molecule has 18 heavy (non-hydrogen) atoms. The van der Waals surface area contributed by atoms with Crippen LogP contribution in [-0.4, -0.2) is 41.8 Å². The molecule has 0 aliphatic carbocycles. The fraction of sp³-hybridized carbons (Fsp3) is 0.455. The van der Waals surface area contributed by atoms with Gasteiger partial charge in [-0.15, -0.1) is 0 Å². The highest BCUT2D eigenvalue weighted by molar-refractivity contribution is 6.32. The first-order chi connectivity index (χ1) is 8.63. The molecule has 0 atom stereocenters. The largest absolute Gasteiger partial charge is 0.355 e. The molecule has 98 valence electrons. The van der Waals surface area contributed by atoms with Crippen LogP contribution in [0.1, 0.15) is 24.2 Å². The van der Waals surface area contributed by atoms with Gasteiger partial charge in [0.15, 0.2) is 6.29 Å². The average Bonchev–Trinajstić information content (AvgIpc) is 2.36. The topological polar surface area (TPSA) is 75.2 Å². The van der Waals surface area contributed by atoms with E-state index in [1.807, 2.05) is 13.8 Å². The minimum absolute atomic E-state index is 0.0874. The molecular formula is C11H15ClN4O2.